The molecule has 0 fully saturated rings. The normalized spacial score (nSPS) is 11.4. The van der Waals surface area contributed by atoms with Gasteiger partial charge in [0.25, 0.3) is 0 Å². The maximum absolute atomic E-state index is 6.60. The van der Waals surface area contributed by atoms with Crippen LogP contribution >= 0.6 is 0 Å². The second-order valence-electron chi connectivity index (χ2n) is 13.9. The van der Waals surface area contributed by atoms with Gasteiger partial charge in [0.2, 0.25) is 0 Å². The van der Waals surface area contributed by atoms with Crippen molar-refractivity contribution in [2.75, 3.05) is 10.2 Å². The maximum atomic E-state index is 6.60. The molecule has 9 aromatic carbocycles. The predicted octanol–water partition coefficient (Wildman–Crippen LogP) is 14.8. The summed E-state index contributed by atoms with van der Waals surface area (Å²) in [6.07, 6.45) is 0. The molecular formula is C52H36N2O. The fourth-order valence-corrected chi connectivity index (χ4v) is 7.66. The van der Waals surface area contributed by atoms with Gasteiger partial charge < -0.3 is 15.0 Å². The van der Waals surface area contributed by atoms with E-state index < -0.39 is 0 Å². The highest BCUT2D eigenvalue weighted by atomic mass is 16.5. The molecule has 10 rings (SSSR count). The Bertz CT molecular complexity index is 2750. The standard InChI is InChI=1S/C52H36N2O/c1-3-9-36(10-4-1)38-17-25-43(26-18-38)53-44-27-19-39(20-28-44)41-23-31-46(32-24-41)54(45-29-21-40(22-30-45)37-11-5-2-6-12-37)47-33-34-48-49-15-7-13-42-14-8-16-50(52(42)49)55-51(48)35-47/h1-35,53H. The molecule has 9 aromatic rings. The van der Waals surface area contributed by atoms with E-state index in [1.54, 1.807) is 0 Å². The van der Waals surface area contributed by atoms with Crippen LogP contribution in [0, 0.1) is 0 Å². The Morgan fingerprint density at radius 2 is 0.782 bits per heavy atom. The minimum Gasteiger partial charge on any atom is -0.456 e. The van der Waals surface area contributed by atoms with Crippen molar-refractivity contribution in [2.24, 2.45) is 0 Å². The highest BCUT2D eigenvalue weighted by molar-refractivity contribution is 6.04. The van der Waals surface area contributed by atoms with E-state index in [4.69, 9.17) is 4.74 Å². The van der Waals surface area contributed by atoms with Crippen molar-refractivity contribution >= 4 is 39.2 Å². The largest absolute Gasteiger partial charge is 0.456 e. The van der Waals surface area contributed by atoms with Crippen molar-refractivity contribution in [3.63, 3.8) is 0 Å². The quantitative estimate of drug-likeness (QED) is 0.170. The molecule has 0 spiro atoms. The number of benzene rings is 9. The number of anilines is 5. The van der Waals surface area contributed by atoms with E-state index in [1.165, 1.54) is 33.2 Å². The van der Waals surface area contributed by atoms with E-state index >= 15 is 0 Å². The van der Waals surface area contributed by atoms with Gasteiger partial charge in [0.05, 0.1) is 0 Å². The monoisotopic (exact) mass is 704 g/mol. The summed E-state index contributed by atoms with van der Waals surface area (Å²) in [4.78, 5) is 2.30. The molecular weight excluding hydrogens is 669 g/mol. The molecule has 0 aliphatic carbocycles. The lowest BCUT2D eigenvalue weighted by atomic mass is 9.94. The molecule has 3 nitrogen and oxygen atoms in total. The summed E-state index contributed by atoms with van der Waals surface area (Å²) in [5.41, 5.74) is 14.7. The number of nitrogens with one attached hydrogen (secondary N) is 1. The fraction of sp³-hybridized carbons (Fsp3) is 0. The van der Waals surface area contributed by atoms with Gasteiger partial charge in [0.1, 0.15) is 11.5 Å². The lowest BCUT2D eigenvalue weighted by molar-refractivity contribution is 0.487. The smallest absolute Gasteiger partial charge is 0.137 e. The van der Waals surface area contributed by atoms with E-state index in [1.807, 2.05) is 6.07 Å². The van der Waals surface area contributed by atoms with E-state index in [0.29, 0.717) is 0 Å². The molecule has 3 heteroatoms. The zero-order valence-corrected chi connectivity index (χ0v) is 30.1. The zero-order valence-electron chi connectivity index (χ0n) is 30.1. The van der Waals surface area contributed by atoms with Gasteiger partial charge in [-0.1, -0.05) is 140 Å². The van der Waals surface area contributed by atoms with Crippen LogP contribution in [0.25, 0.3) is 55.3 Å². The molecule has 0 radical (unpaired) electrons. The Balaban J connectivity index is 0.949. The Morgan fingerprint density at radius 3 is 1.31 bits per heavy atom. The van der Waals surface area contributed by atoms with E-state index in [-0.39, 0.29) is 0 Å². The molecule has 55 heavy (non-hydrogen) atoms. The van der Waals surface area contributed by atoms with Crippen molar-refractivity contribution in [3.05, 3.63) is 212 Å². The first-order valence-electron chi connectivity index (χ1n) is 18.7. The van der Waals surface area contributed by atoms with Gasteiger partial charge in [0.15, 0.2) is 0 Å². The van der Waals surface area contributed by atoms with Crippen molar-refractivity contribution in [2.45, 2.75) is 0 Å². The van der Waals surface area contributed by atoms with Gasteiger partial charge in [-0.15, -0.1) is 0 Å². The average Bonchev–Trinajstić information content (AvgIpc) is 3.26. The Hall–Kier alpha value is -7.36. The maximum Gasteiger partial charge on any atom is 0.137 e. The second-order valence-corrected chi connectivity index (χ2v) is 13.9. The van der Waals surface area contributed by atoms with Gasteiger partial charge in [0, 0.05) is 45.5 Å². The Kier molecular flexibility index (Phi) is 8.16. The number of rotatable bonds is 8. The van der Waals surface area contributed by atoms with Gasteiger partial charge in [-0.25, -0.2) is 0 Å². The first kappa shape index (κ1) is 32.3. The van der Waals surface area contributed by atoms with Gasteiger partial charge in [-0.2, -0.15) is 0 Å². The third kappa shape index (κ3) is 6.28. The van der Waals surface area contributed by atoms with Crippen LogP contribution in [0.1, 0.15) is 0 Å². The van der Waals surface area contributed by atoms with Crippen LogP contribution in [-0.4, -0.2) is 0 Å². The van der Waals surface area contributed by atoms with E-state index in [9.17, 15) is 0 Å². The minimum atomic E-state index is 0.854. The van der Waals surface area contributed by atoms with E-state index in [0.717, 1.165) is 62.0 Å². The summed E-state index contributed by atoms with van der Waals surface area (Å²) >= 11 is 0. The number of hydrogen-bond acceptors (Lipinski definition) is 3. The average molecular weight is 705 g/mol. The lowest BCUT2D eigenvalue weighted by Crippen LogP contribution is -2.10. The second kappa shape index (κ2) is 13.9. The Labute approximate surface area is 321 Å². The lowest BCUT2D eigenvalue weighted by Gasteiger charge is -2.28. The molecule has 260 valence electrons. The molecule has 1 aliphatic heterocycles. The third-order valence-corrected chi connectivity index (χ3v) is 10.5. The highest BCUT2D eigenvalue weighted by Crippen LogP contribution is 2.49. The summed E-state index contributed by atoms with van der Waals surface area (Å²) in [6.45, 7) is 0. The molecule has 0 atom stereocenters. The summed E-state index contributed by atoms with van der Waals surface area (Å²) in [6, 6.07) is 75.1. The van der Waals surface area contributed by atoms with Crippen LogP contribution in [0.3, 0.4) is 0 Å². The summed E-state index contributed by atoms with van der Waals surface area (Å²) < 4.78 is 6.60. The van der Waals surface area contributed by atoms with Crippen LogP contribution in [0.4, 0.5) is 28.4 Å². The van der Waals surface area contributed by atoms with Crippen LogP contribution in [0.5, 0.6) is 11.5 Å². The van der Waals surface area contributed by atoms with E-state index in [2.05, 4.69) is 216 Å². The molecule has 0 saturated carbocycles. The molecule has 0 unspecified atom stereocenters. The fourth-order valence-electron chi connectivity index (χ4n) is 7.66. The van der Waals surface area contributed by atoms with Crippen molar-refractivity contribution in [3.8, 4) is 56.0 Å². The summed E-state index contributed by atoms with van der Waals surface area (Å²) in [5.74, 6) is 1.75. The molecule has 0 aromatic heterocycles. The predicted molar refractivity (Wildman–Crippen MR) is 230 cm³/mol. The molecule has 1 heterocycles. The number of fused-ring (bicyclic) bond motifs is 2. The summed E-state index contributed by atoms with van der Waals surface area (Å²) in [5, 5.41) is 5.90. The van der Waals surface area contributed by atoms with Crippen molar-refractivity contribution in [1.29, 1.82) is 0 Å². The van der Waals surface area contributed by atoms with Crippen LogP contribution in [-0.2, 0) is 0 Å². The first-order valence-corrected chi connectivity index (χ1v) is 18.7. The third-order valence-electron chi connectivity index (χ3n) is 10.5. The molecule has 0 amide bonds. The zero-order chi connectivity index (χ0) is 36.6. The minimum absolute atomic E-state index is 0.854. The van der Waals surface area contributed by atoms with Gasteiger partial charge >= 0.3 is 0 Å². The summed E-state index contributed by atoms with van der Waals surface area (Å²) in [7, 11) is 0. The van der Waals surface area contributed by atoms with Crippen LogP contribution in [0.2, 0.25) is 0 Å². The molecule has 1 N–H and O–H groups in total. The first-order chi connectivity index (χ1) is 27.2. The number of nitrogens with zero attached hydrogens (tertiary/aromatic N) is 1. The molecule has 0 saturated heterocycles. The van der Waals surface area contributed by atoms with Gasteiger partial charge in [-0.05, 0) is 111 Å². The van der Waals surface area contributed by atoms with Crippen molar-refractivity contribution < 1.29 is 4.74 Å². The van der Waals surface area contributed by atoms with Crippen molar-refractivity contribution in [1.82, 2.24) is 0 Å². The molecule has 1 aliphatic rings. The van der Waals surface area contributed by atoms with Crippen LogP contribution < -0.4 is 15.0 Å². The van der Waals surface area contributed by atoms with Gasteiger partial charge in [-0.3, -0.25) is 0 Å². The number of ether oxygens (including phenoxy) is 1. The van der Waals surface area contributed by atoms with Crippen LogP contribution in [0.15, 0.2) is 212 Å². The molecule has 0 bridgehead atoms. The topological polar surface area (TPSA) is 24.5 Å². The SMILES string of the molecule is c1ccc(-c2ccc(Nc3ccc(-c4ccc(N(c5ccc(-c6ccccc6)cc5)c5ccc6c(c5)Oc5cccc7cccc-6c57)cc4)cc3)cc2)cc1. The Morgan fingerprint density at radius 1 is 0.327 bits per heavy atom. The highest BCUT2D eigenvalue weighted by Gasteiger charge is 2.22. The number of hydrogen-bond donors (Lipinski definition) is 1.